The predicted molar refractivity (Wildman–Crippen MR) is 112 cm³/mol. The summed E-state index contributed by atoms with van der Waals surface area (Å²) in [6.07, 6.45) is -1.42. The van der Waals surface area contributed by atoms with E-state index in [1.54, 1.807) is 43.5 Å². The number of rotatable bonds is 5. The van der Waals surface area contributed by atoms with E-state index >= 15 is 0 Å². The van der Waals surface area contributed by atoms with E-state index in [2.05, 4.69) is 5.32 Å². The number of nitrogens with one attached hydrogen (secondary N) is 1. The summed E-state index contributed by atoms with van der Waals surface area (Å²) in [4.78, 5) is 2.52. The minimum atomic E-state index is -2.70. The highest BCUT2D eigenvalue weighted by Crippen LogP contribution is 2.40. The van der Waals surface area contributed by atoms with Crippen molar-refractivity contribution in [1.29, 1.82) is 0 Å². The zero-order valence-corrected chi connectivity index (χ0v) is 17.3. The van der Waals surface area contributed by atoms with Gasteiger partial charge >= 0.3 is 0 Å². The van der Waals surface area contributed by atoms with Gasteiger partial charge in [-0.3, -0.25) is 0 Å². The number of hydrogen-bond donors (Lipinski definition) is 1. The number of anilines is 1. The molecule has 5 nitrogen and oxygen atoms in total. The van der Waals surface area contributed by atoms with Crippen molar-refractivity contribution in [1.82, 2.24) is 9.29 Å². The zero-order valence-electron chi connectivity index (χ0n) is 15.7. The summed E-state index contributed by atoms with van der Waals surface area (Å²) in [5.41, 5.74) is 0.928. The van der Waals surface area contributed by atoms with Crippen molar-refractivity contribution in [3.63, 3.8) is 0 Å². The molecule has 9 heteroatoms. The molecule has 0 radical (unpaired) electrons. The van der Waals surface area contributed by atoms with E-state index in [-0.39, 0.29) is 5.56 Å². The lowest BCUT2D eigenvalue weighted by molar-refractivity contribution is 0.153. The van der Waals surface area contributed by atoms with Crippen molar-refractivity contribution in [2.75, 3.05) is 38.2 Å². The predicted octanol–water partition coefficient (Wildman–Crippen LogP) is 4.22. The Morgan fingerprint density at radius 2 is 1.86 bits per heavy atom. The monoisotopic (exact) mass is 439 g/mol. The van der Waals surface area contributed by atoms with Crippen molar-refractivity contribution in [2.24, 2.45) is 0 Å². The molecule has 0 saturated carbocycles. The van der Waals surface area contributed by atoms with Crippen LogP contribution in [0.15, 0.2) is 47.5 Å². The van der Waals surface area contributed by atoms with E-state index in [0.717, 1.165) is 13.1 Å². The Kier molecular flexibility index (Phi) is 5.87. The molecule has 3 aromatic rings. The van der Waals surface area contributed by atoms with Crippen LogP contribution in [-0.4, -0.2) is 41.8 Å². The summed E-state index contributed by atoms with van der Waals surface area (Å²) in [6.45, 7) is 2.89. The van der Waals surface area contributed by atoms with Gasteiger partial charge in [-0.05, 0) is 36.4 Å². The number of ether oxygens (including phenoxy) is 1. The van der Waals surface area contributed by atoms with Crippen molar-refractivity contribution in [3.05, 3.63) is 53.2 Å². The molecular weight excluding hydrogens is 420 g/mol. The number of nitrogens with zero attached hydrogens (tertiary/aromatic N) is 2. The van der Waals surface area contributed by atoms with Gasteiger partial charge in [-0.25, -0.2) is 8.78 Å². The van der Waals surface area contributed by atoms with E-state index in [1.165, 1.54) is 10.2 Å². The van der Waals surface area contributed by atoms with Crippen molar-refractivity contribution >= 4 is 39.6 Å². The van der Waals surface area contributed by atoms with E-state index in [9.17, 15) is 13.3 Å². The molecule has 1 saturated heterocycles. The van der Waals surface area contributed by atoms with Gasteiger partial charge in [-0.1, -0.05) is 11.6 Å². The number of methoxy groups -OCH3 is 1. The zero-order chi connectivity index (χ0) is 20.5. The Hall–Kier alpha value is -2.00. The highest BCUT2D eigenvalue weighted by molar-refractivity contribution is 7.90. The molecule has 1 N–H and O–H groups in total. The number of aromatic nitrogens is 1. The van der Waals surface area contributed by atoms with Crippen LogP contribution >= 0.6 is 11.6 Å². The maximum absolute atomic E-state index is 13.9. The van der Waals surface area contributed by atoms with E-state index < -0.39 is 17.8 Å². The van der Waals surface area contributed by atoms with Crippen LogP contribution in [0.3, 0.4) is 0 Å². The summed E-state index contributed by atoms with van der Waals surface area (Å²) >= 11 is 4.63. The molecule has 2 aromatic carbocycles. The van der Waals surface area contributed by atoms with Gasteiger partial charge < -0.3 is 19.5 Å². The minimum Gasteiger partial charge on any atom is -0.587 e. The normalized spacial score (nSPS) is 15.9. The molecule has 4 rings (SSSR count). The Morgan fingerprint density at radius 1 is 1.17 bits per heavy atom. The van der Waals surface area contributed by atoms with Gasteiger partial charge in [0.15, 0.2) is 4.90 Å². The quantitative estimate of drug-likeness (QED) is 0.605. The second kappa shape index (κ2) is 8.39. The fourth-order valence-corrected chi connectivity index (χ4v) is 4.91. The molecule has 0 bridgehead atoms. The first-order valence-electron chi connectivity index (χ1n) is 9.14. The van der Waals surface area contributed by atoms with Gasteiger partial charge in [0.1, 0.15) is 22.6 Å². The largest absolute Gasteiger partial charge is 0.587 e. The Labute approximate surface area is 175 Å². The van der Waals surface area contributed by atoms with Crippen LogP contribution in [0.4, 0.5) is 14.5 Å². The van der Waals surface area contributed by atoms with Gasteiger partial charge in [0.2, 0.25) is 0 Å². The third-order valence-corrected chi connectivity index (χ3v) is 6.53. The van der Waals surface area contributed by atoms with Gasteiger partial charge in [0.05, 0.1) is 18.9 Å². The number of benzene rings is 2. The van der Waals surface area contributed by atoms with Crippen LogP contribution in [-0.2, 0) is 11.4 Å². The maximum Gasteiger partial charge on any atom is 0.266 e. The van der Waals surface area contributed by atoms with Crippen LogP contribution in [0, 0.1) is 0 Å². The number of alkyl halides is 2. The molecule has 154 valence electrons. The van der Waals surface area contributed by atoms with Gasteiger partial charge in [0, 0.05) is 42.3 Å². The van der Waals surface area contributed by atoms with Crippen LogP contribution in [0.1, 0.15) is 12.0 Å². The highest BCUT2D eigenvalue weighted by atomic mass is 35.5. The first kappa shape index (κ1) is 20.3. The van der Waals surface area contributed by atoms with Crippen LogP contribution in [0.2, 0.25) is 5.02 Å². The topological polar surface area (TPSA) is 52.5 Å². The SMILES string of the molecule is COc1ccc([S+]([O-])n2cc(C(F)F)c3c(N4CCNCC4)cc(Cl)cc32)cc1. The van der Waals surface area contributed by atoms with E-state index in [0.29, 0.717) is 45.3 Å². The second-order valence-corrected chi connectivity index (χ2v) is 8.49. The first-order valence-corrected chi connectivity index (χ1v) is 10.6. The third kappa shape index (κ3) is 3.90. The summed E-state index contributed by atoms with van der Waals surface area (Å²) in [5, 5.41) is 4.06. The fourth-order valence-electron chi connectivity index (χ4n) is 3.57. The molecule has 1 aromatic heterocycles. The number of halogens is 3. The summed E-state index contributed by atoms with van der Waals surface area (Å²) in [7, 11) is 1.54. The lowest BCUT2D eigenvalue weighted by Gasteiger charge is -2.30. The number of fused-ring (bicyclic) bond motifs is 1. The Balaban J connectivity index is 1.87. The molecule has 1 unspecified atom stereocenters. The summed E-state index contributed by atoms with van der Waals surface area (Å²) in [5.74, 6) is 0.625. The molecule has 0 amide bonds. The van der Waals surface area contributed by atoms with Crippen LogP contribution in [0.5, 0.6) is 5.75 Å². The van der Waals surface area contributed by atoms with Crippen LogP contribution < -0.4 is 15.0 Å². The van der Waals surface area contributed by atoms with Crippen molar-refractivity contribution in [2.45, 2.75) is 11.3 Å². The number of piperazine rings is 1. The van der Waals surface area contributed by atoms with E-state index in [4.69, 9.17) is 16.3 Å². The average Bonchev–Trinajstić information content (AvgIpc) is 3.13. The van der Waals surface area contributed by atoms with Crippen molar-refractivity contribution in [3.8, 4) is 5.75 Å². The summed E-state index contributed by atoms with van der Waals surface area (Å²) < 4.78 is 47.6. The van der Waals surface area contributed by atoms with Crippen molar-refractivity contribution < 1.29 is 18.1 Å². The van der Waals surface area contributed by atoms with Gasteiger partial charge in [-0.2, -0.15) is 3.97 Å². The molecule has 2 heterocycles. The molecule has 1 aliphatic heterocycles. The molecule has 1 fully saturated rings. The molecular formula is C20H20ClF2N3O2S. The average molecular weight is 440 g/mol. The number of hydrogen-bond acceptors (Lipinski definition) is 4. The molecule has 1 atom stereocenters. The fraction of sp³-hybridized carbons (Fsp3) is 0.300. The van der Waals surface area contributed by atoms with Crippen LogP contribution in [0.25, 0.3) is 10.9 Å². The van der Waals surface area contributed by atoms with Gasteiger partial charge in [0.25, 0.3) is 6.43 Å². The lowest BCUT2D eigenvalue weighted by Crippen LogP contribution is -2.43. The second-order valence-electron chi connectivity index (χ2n) is 6.69. The minimum absolute atomic E-state index is 0.146. The van der Waals surface area contributed by atoms with E-state index in [1.807, 2.05) is 4.90 Å². The summed E-state index contributed by atoms with van der Waals surface area (Å²) in [6, 6.07) is 9.99. The molecule has 1 aliphatic rings. The molecule has 29 heavy (non-hydrogen) atoms. The molecule has 0 spiro atoms. The highest BCUT2D eigenvalue weighted by Gasteiger charge is 2.28. The van der Waals surface area contributed by atoms with Gasteiger partial charge in [-0.15, -0.1) is 0 Å². The lowest BCUT2D eigenvalue weighted by atomic mass is 10.1. The Bertz CT molecular complexity index is 1010. The smallest absolute Gasteiger partial charge is 0.266 e. The Morgan fingerprint density at radius 3 is 2.48 bits per heavy atom. The molecule has 0 aliphatic carbocycles. The first-order chi connectivity index (χ1) is 14.0. The standard InChI is InChI=1S/C20H20ClF2N3O2S/c1-28-14-2-4-15(5-3-14)29(27)26-12-16(20(22)23)19-17(10-13(21)11-18(19)26)25-8-6-24-7-9-25/h2-5,10-12,20,24H,6-9H2,1H3. The maximum atomic E-state index is 13.9. The third-order valence-electron chi connectivity index (χ3n) is 4.98.